The lowest BCUT2D eigenvalue weighted by atomic mass is 10.1. The van der Waals surface area contributed by atoms with E-state index in [-0.39, 0.29) is 0 Å². The molecule has 0 saturated heterocycles. The molecule has 2 aromatic rings. The van der Waals surface area contributed by atoms with E-state index in [2.05, 4.69) is 11.1 Å². The lowest BCUT2D eigenvalue weighted by Crippen LogP contribution is -2.04. The van der Waals surface area contributed by atoms with Crippen LogP contribution in [0.25, 0.3) is 0 Å². The molecule has 1 aromatic heterocycles. The second-order valence-electron chi connectivity index (χ2n) is 4.56. The number of aromatic nitrogens is 1. The molecule has 0 unspecified atom stereocenters. The van der Waals surface area contributed by atoms with Gasteiger partial charge in [-0.05, 0) is 30.7 Å². The first kappa shape index (κ1) is 15.3. The summed E-state index contributed by atoms with van der Waals surface area (Å²) >= 11 is 5.84. The summed E-state index contributed by atoms with van der Waals surface area (Å²) in [6.45, 7) is 2.54. The van der Waals surface area contributed by atoms with E-state index >= 15 is 0 Å². The van der Waals surface area contributed by atoms with Gasteiger partial charge in [-0.2, -0.15) is 5.26 Å². The molecule has 2 rings (SSSR count). The predicted octanol–water partition coefficient (Wildman–Crippen LogP) is 3.64. The molecule has 0 radical (unpaired) electrons. The standard InChI is InChI=1S/C16H15ClN2O2/c1-11-7-13(10-20-2)15(8-18)16(19-11)21-9-12-3-5-14(17)6-4-12/h3-7H,9-10H2,1-2H3. The van der Waals surface area contributed by atoms with Gasteiger partial charge in [-0.25, -0.2) is 4.98 Å². The molecule has 1 heterocycles. The number of benzene rings is 1. The molecule has 0 atom stereocenters. The van der Waals surface area contributed by atoms with Crippen molar-refractivity contribution >= 4 is 11.6 Å². The van der Waals surface area contributed by atoms with Crippen LogP contribution in [0.3, 0.4) is 0 Å². The van der Waals surface area contributed by atoms with E-state index in [9.17, 15) is 5.26 Å². The van der Waals surface area contributed by atoms with Crippen molar-refractivity contribution in [2.24, 2.45) is 0 Å². The second kappa shape index (κ2) is 7.07. The van der Waals surface area contributed by atoms with Crippen molar-refractivity contribution in [3.05, 3.63) is 57.7 Å². The van der Waals surface area contributed by atoms with Crippen LogP contribution < -0.4 is 4.74 Å². The molecule has 108 valence electrons. The Balaban J connectivity index is 2.22. The van der Waals surface area contributed by atoms with Gasteiger partial charge < -0.3 is 9.47 Å². The molecule has 0 aliphatic carbocycles. The fourth-order valence-corrected chi connectivity index (χ4v) is 2.06. The zero-order valence-corrected chi connectivity index (χ0v) is 12.6. The van der Waals surface area contributed by atoms with Crippen LogP contribution in [0, 0.1) is 18.3 Å². The van der Waals surface area contributed by atoms with Crippen LogP contribution in [0.15, 0.2) is 30.3 Å². The summed E-state index contributed by atoms with van der Waals surface area (Å²) in [5.74, 6) is 0.333. The highest BCUT2D eigenvalue weighted by atomic mass is 35.5. The van der Waals surface area contributed by atoms with Gasteiger partial charge in [0, 0.05) is 23.4 Å². The summed E-state index contributed by atoms with van der Waals surface area (Å²) in [7, 11) is 1.59. The number of nitriles is 1. The summed E-state index contributed by atoms with van der Waals surface area (Å²) in [5, 5.41) is 9.98. The molecule has 0 amide bonds. The van der Waals surface area contributed by atoms with Gasteiger partial charge in [-0.15, -0.1) is 0 Å². The molecule has 21 heavy (non-hydrogen) atoms. The van der Waals surface area contributed by atoms with Crippen LogP contribution in [-0.2, 0) is 18.0 Å². The highest BCUT2D eigenvalue weighted by Gasteiger charge is 2.12. The van der Waals surface area contributed by atoms with Crippen LogP contribution in [0.4, 0.5) is 0 Å². The largest absolute Gasteiger partial charge is 0.472 e. The maximum Gasteiger partial charge on any atom is 0.232 e. The van der Waals surface area contributed by atoms with Crippen LogP contribution in [0.5, 0.6) is 5.88 Å². The van der Waals surface area contributed by atoms with Gasteiger partial charge >= 0.3 is 0 Å². The van der Waals surface area contributed by atoms with Gasteiger partial charge in [-0.3, -0.25) is 0 Å². The lowest BCUT2D eigenvalue weighted by molar-refractivity contribution is 0.183. The fraction of sp³-hybridized carbons (Fsp3) is 0.250. The highest BCUT2D eigenvalue weighted by Crippen LogP contribution is 2.22. The summed E-state index contributed by atoms with van der Waals surface area (Å²) in [5.41, 5.74) is 2.93. The Kier molecular flexibility index (Phi) is 5.15. The maximum atomic E-state index is 9.31. The highest BCUT2D eigenvalue weighted by molar-refractivity contribution is 6.30. The van der Waals surface area contributed by atoms with E-state index in [1.54, 1.807) is 19.2 Å². The number of rotatable bonds is 5. The SMILES string of the molecule is COCc1cc(C)nc(OCc2ccc(Cl)cc2)c1C#N. The second-order valence-corrected chi connectivity index (χ2v) is 5.00. The Labute approximate surface area is 128 Å². The van der Waals surface area contributed by atoms with Gasteiger partial charge in [0.25, 0.3) is 0 Å². The Morgan fingerprint density at radius 1 is 1.24 bits per heavy atom. The lowest BCUT2D eigenvalue weighted by Gasteiger charge is -2.11. The summed E-state index contributed by atoms with van der Waals surface area (Å²) in [6, 6.07) is 11.3. The normalized spacial score (nSPS) is 10.2. The van der Waals surface area contributed by atoms with E-state index in [1.807, 2.05) is 25.1 Å². The first-order valence-corrected chi connectivity index (χ1v) is 6.78. The fourth-order valence-electron chi connectivity index (χ4n) is 1.94. The number of nitrogens with zero attached hydrogens (tertiary/aromatic N) is 2. The van der Waals surface area contributed by atoms with Crippen LogP contribution in [-0.4, -0.2) is 12.1 Å². The first-order chi connectivity index (χ1) is 10.1. The smallest absolute Gasteiger partial charge is 0.232 e. The van der Waals surface area contributed by atoms with Crippen molar-refractivity contribution in [1.82, 2.24) is 4.98 Å². The average Bonchev–Trinajstić information content (AvgIpc) is 2.47. The van der Waals surface area contributed by atoms with E-state index in [4.69, 9.17) is 21.1 Å². The summed E-state index contributed by atoms with van der Waals surface area (Å²) in [4.78, 5) is 4.29. The zero-order valence-electron chi connectivity index (χ0n) is 11.9. The van der Waals surface area contributed by atoms with Crippen LogP contribution in [0.1, 0.15) is 22.4 Å². The van der Waals surface area contributed by atoms with E-state index in [0.717, 1.165) is 16.8 Å². The van der Waals surface area contributed by atoms with Crippen molar-refractivity contribution in [2.45, 2.75) is 20.1 Å². The molecule has 4 nitrogen and oxygen atoms in total. The monoisotopic (exact) mass is 302 g/mol. The molecule has 0 aliphatic rings. The molecular formula is C16H15ClN2O2. The quantitative estimate of drug-likeness (QED) is 0.846. The summed E-state index contributed by atoms with van der Waals surface area (Å²) in [6.07, 6.45) is 0. The third-order valence-corrected chi connectivity index (χ3v) is 3.15. The number of halogens is 1. The Morgan fingerprint density at radius 3 is 2.57 bits per heavy atom. The molecule has 0 bridgehead atoms. The third kappa shape index (κ3) is 3.94. The molecule has 0 spiro atoms. The minimum absolute atomic E-state index is 0.328. The first-order valence-electron chi connectivity index (χ1n) is 6.41. The average molecular weight is 303 g/mol. The Morgan fingerprint density at radius 2 is 1.95 bits per heavy atom. The molecular weight excluding hydrogens is 288 g/mol. The van der Waals surface area contributed by atoms with Crippen molar-refractivity contribution < 1.29 is 9.47 Å². The van der Waals surface area contributed by atoms with Crippen molar-refractivity contribution in [3.8, 4) is 11.9 Å². The number of ether oxygens (including phenoxy) is 2. The minimum atomic E-state index is 0.328. The Bertz CT molecular complexity index is 663. The van der Waals surface area contributed by atoms with Gasteiger partial charge in [0.1, 0.15) is 18.2 Å². The van der Waals surface area contributed by atoms with Crippen molar-refractivity contribution in [3.63, 3.8) is 0 Å². The number of hydrogen-bond acceptors (Lipinski definition) is 4. The third-order valence-electron chi connectivity index (χ3n) is 2.90. The van der Waals surface area contributed by atoms with Crippen LogP contribution >= 0.6 is 11.6 Å². The number of methoxy groups -OCH3 is 1. The number of pyridine rings is 1. The van der Waals surface area contributed by atoms with Crippen molar-refractivity contribution in [2.75, 3.05) is 7.11 Å². The zero-order chi connectivity index (χ0) is 15.2. The molecule has 0 saturated carbocycles. The maximum absolute atomic E-state index is 9.31. The van der Waals surface area contributed by atoms with Gasteiger partial charge in [0.05, 0.1) is 6.61 Å². The van der Waals surface area contributed by atoms with E-state index in [1.165, 1.54) is 0 Å². The van der Waals surface area contributed by atoms with Crippen LogP contribution in [0.2, 0.25) is 5.02 Å². The molecule has 0 N–H and O–H groups in total. The van der Waals surface area contributed by atoms with E-state index in [0.29, 0.717) is 29.7 Å². The van der Waals surface area contributed by atoms with Gasteiger partial charge in [-0.1, -0.05) is 23.7 Å². The van der Waals surface area contributed by atoms with Gasteiger partial charge in [0.15, 0.2) is 0 Å². The molecule has 0 fully saturated rings. The van der Waals surface area contributed by atoms with E-state index < -0.39 is 0 Å². The number of hydrogen-bond donors (Lipinski definition) is 0. The Hall–Kier alpha value is -2.09. The minimum Gasteiger partial charge on any atom is -0.472 e. The summed E-state index contributed by atoms with van der Waals surface area (Å²) < 4.78 is 10.8. The van der Waals surface area contributed by atoms with Gasteiger partial charge in [0.2, 0.25) is 5.88 Å². The molecule has 5 heteroatoms. The topological polar surface area (TPSA) is 55.1 Å². The molecule has 0 aliphatic heterocycles. The molecule has 1 aromatic carbocycles. The number of aryl methyl sites for hydroxylation is 1. The predicted molar refractivity (Wildman–Crippen MR) is 80.2 cm³/mol. The van der Waals surface area contributed by atoms with Crippen molar-refractivity contribution in [1.29, 1.82) is 5.26 Å².